The Hall–Kier alpha value is -6.10. The van der Waals surface area contributed by atoms with Crippen molar-refractivity contribution in [1.82, 2.24) is 40.4 Å². The molecule has 0 radical (unpaired) electrons. The van der Waals surface area contributed by atoms with Crippen molar-refractivity contribution in [2.45, 2.75) is 96.9 Å². The number of alkyl carbamates (subject to hydrolysis) is 2. The van der Waals surface area contributed by atoms with E-state index in [9.17, 15) is 19.2 Å². The molecule has 3 aliphatic rings. The molecule has 4 heterocycles. The van der Waals surface area contributed by atoms with Gasteiger partial charge in [0.2, 0.25) is 11.8 Å². The molecule has 2 bridgehead atoms. The third-order valence-corrected chi connectivity index (χ3v) is 12.0. The van der Waals surface area contributed by atoms with Gasteiger partial charge in [0, 0.05) is 23.7 Å². The van der Waals surface area contributed by atoms with Gasteiger partial charge >= 0.3 is 12.2 Å². The molecular formula is C45H54N8O6. The average molecular weight is 803 g/mol. The third-order valence-electron chi connectivity index (χ3n) is 12.0. The lowest BCUT2D eigenvalue weighted by Gasteiger charge is -2.37. The number of amides is 4. The number of methoxy groups -OCH3 is 2. The number of benzene rings is 2. The van der Waals surface area contributed by atoms with E-state index in [2.05, 4.69) is 62.8 Å². The largest absolute Gasteiger partial charge is 0.453 e. The first-order valence-corrected chi connectivity index (χ1v) is 20.5. The Morgan fingerprint density at radius 3 is 2.02 bits per heavy atom. The van der Waals surface area contributed by atoms with E-state index >= 15 is 0 Å². The second-order valence-electron chi connectivity index (χ2n) is 16.4. The fourth-order valence-corrected chi connectivity index (χ4v) is 9.03. The quantitative estimate of drug-likeness (QED) is 0.118. The number of aromatic nitrogens is 4. The summed E-state index contributed by atoms with van der Waals surface area (Å²) < 4.78 is 9.60. The number of piperidine rings is 1. The standard InChI is InChI=1S/C45H54N8O6/c1-8-10-29-21-30(35-24-47-41(49-35)39-31-16-18-32(22-31)53(39)43(55)38(26(4)5)51-45(57)59-7)17-19-33(29)27-12-14-28(15-13-27)34-23-46-40(48-34)36-11-9-20-52(36)42(54)37(25(2)3)50-44(56)58-6/h12-15,17,19,21,23-26,31-32,36-39H,9,11,16,18,20,22H2,1-7H3,(H,46,48)(H,47,49)(H,50,56)(H,51,57). The van der Waals surface area contributed by atoms with Crippen LogP contribution in [0.1, 0.15) is 96.0 Å². The summed E-state index contributed by atoms with van der Waals surface area (Å²) in [5.41, 5.74) is 6.42. The minimum absolute atomic E-state index is 0.105. The maximum Gasteiger partial charge on any atom is 0.407 e. The lowest BCUT2D eigenvalue weighted by molar-refractivity contribution is -0.139. The van der Waals surface area contributed by atoms with Crippen LogP contribution in [0, 0.1) is 29.6 Å². The van der Waals surface area contributed by atoms with Gasteiger partial charge in [-0.15, -0.1) is 5.92 Å². The monoisotopic (exact) mass is 802 g/mol. The number of rotatable bonds is 11. The maximum atomic E-state index is 14.0. The summed E-state index contributed by atoms with van der Waals surface area (Å²) in [5.74, 6) is 7.62. The van der Waals surface area contributed by atoms with Gasteiger partial charge in [0.1, 0.15) is 23.7 Å². The van der Waals surface area contributed by atoms with Crippen LogP contribution in [0.5, 0.6) is 0 Å². The Morgan fingerprint density at radius 2 is 1.37 bits per heavy atom. The highest BCUT2D eigenvalue weighted by molar-refractivity contribution is 5.87. The van der Waals surface area contributed by atoms with Crippen LogP contribution in [0.2, 0.25) is 0 Å². The summed E-state index contributed by atoms with van der Waals surface area (Å²) in [7, 11) is 2.59. The molecule has 59 heavy (non-hydrogen) atoms. The molecule has 7 rings (SSSR count). The van der Waals surface area contributed by atoms with Crippen molar-refractivity contribution in [3.8, 4) is 45.5 Å². The van der Waals surface area contributed by atoms with Crippen LogP contribution in [0.3, 0.4) is 0 Å². The van der Waals surface area contributed by atoms with E-state index in [-0.39, 0.29) is 47.7 Å². The maximum absolute atomic E-state index is 14.0. The highest BCUT2D eigenvalue weighted by atomic mass is 16.5. The zero-order chi connectivity index (χ0) is 42.0. The lowest BCUT2D eigenvalue weighted by atomic mass is 9.95. The fraction of sp³-hybridized carbons (Fsp3) is 0.467. The average Bonchev–Trinajstić information content (AvgIpc) is 4.10. The Balaban J connectivity index is 1.08. The molecule has 2 saturated heterocycles. The lowest BCUT2D eigenvalue weighted by Crippen LogP contribution is -2.54. The summed E-state index contributed by atoms with van der Waals surface area (Å²) in [6, 6.07) is 12.7. The van der Waals surface area contributed by atoms with E-state index in [0.29, 0.717) is 12.4 Å². The zero-order valence-electron chi connectivity index (χ0n) is 34.8. The molecule has 2 aromatic carbocycles. The summed E-state index contributed by atoms with van der Waals surface area (Å²) in [4.78, 5) is 72.0. The van der Waals surface area contributed by atoms with Gasteiger partial charge < -0.3 is 39.9 Å². The number of carbonyl (C=O) groups excluding carboxylic acids is 4. The van der Waals surface area contributed by atoms with Gasteiger partial charge in [0.15, 0.2) is 0 Å². The summed E-state index contributed by atoms with van der Waals surface area (Å²) >= 11 is 0. The SMILES string of the molecule is CC#Cc1cc(-c2cnc(C3C4CCC(C4)N3C(=O)C(NC(=O)OC)C(C)C)[nH]2)ccc1-c1ccc(-c2cnc(C3CCCN3C(=O)C(NC(=O)OC)C(C)C)[nH]2)cc1. The smallest absolute Gasteiger partial charge is 0.407 e. The number of ether oxygens (including phenoxy) is 2. The normalized spacial score (nSPS) is 20.6. The van der Waals surface area contributed by atoms with Gasteiger partial charge in [-0.2, -0.15) is 0 Å². The number of likely N-dealkylation sites (tertiary alicyclic amines) is 2. The number of imidazole rings is 2. The van der Waals surface area contributed by atoms with E-state index in [1.165, 1.54) is 14.2 Å². The van der Waals surface area contributed by atoms with Gasteiger partial charge in [-0.05, 0) is 79.5 Å². The van der Waals surface area contributed by atoms with Crippen molar-refractivity contribution in [1.29, 1.82) is 0 Å². The molecule has 2 aromatic heterocycles. The number of hydrogen-bond acceptors (Lipinski definition) is 8. The first kappa shape index (κ1) is 41.1. The van der Waals surface area contributed by atoms with Crippen molar-refractivity contribution in [2.75, 3.05) is 20.8 Å². The summed E-state index contributed by atoms with van der Waals surface area (Å²) in [5, 5.41) is 5.46. The molecule has 14 heteroatoms. The Labute approximate surface area is 345 Å². The van der Waals surface area contributed by atoms with E-state index in [1.807, 2.05) is 57.8 Å². The third kappa shape index (κ3) is 8.28. The van der Waals surface area contributed by atoms with Crippen LogP contribution in [0.25, 0.3) is 33.6 Å². The van der Waals surface area contributed by atoms with Crippen LogP contribution in [-0.2, 0) is 19.1 Å². The van der Waals surface area contributed by atoms with Crippen molar-refractivity contribution in [2.24, 2.45) is 17.8 Å². The molecule has 4 amide bonds. The summed E-state index contributed by atoms with van der Waals surface area (Å²) in [6.45, 7) is 10.0. The number of carbonyl (C=O) groups is 4. The highest BCUT2D eigenvalue weighted by Crippen LogP contribution is 2.50. The van der Waals surface area contributed by atoms with Crippen LogP contribution in [0.15, 0.2) is 54.9 Å². The van der Waals surface area contributed by atoms with Gasteiger partial charge in [-0.25, -0.2) is 19.6 Å². The Bertz CT molecular complexity index is 2250. The van der Waals surface area contributed by atoms with E-state index < -0.39 is 24.3 Å². The molecule has 14 nitrogen and oxygen atoms in total. The topological polar surface area (TPSA) is 175 Å². The van der Waals surface area contributed by atoms with E-state index in [0.717, 1.165) is 77.1 Å². The molecule has 2 aliphatic heterocycles. The molecule has 4 aromatic rings. The van der Waals surface area contributed by atoms with Gasteiger partial charge in [-0.1, -0.05) is 70.0 Å². The van der Waals surface area contributed by atoms with Crippen LogP contribution in [0.4, 0.5) is 9.59 Å². The van der Waals surface area contributed by atoms with Crippen molar-refractivity contribution in [3.05, 3.63) is 72.1 Å². The molecule has 1 aliphatic carbocycles. The van der Waals surface area contributed by atoms with Crippen molar-refractivity contribution in [3.63, 3.8) is 0 Å². The zero-order valence-corrected chi connectivity index (χ0v) is 34.8. The van der Waals surface area contributed by atoms with E-state index in [4.69, 9.17) is 19.4 Å². The van der Waals surface area contributed by atoms with E-state index in [1.54, 1.807) is 11.1 Å². The number of aromatic amines is 2. The van der Waals surface area contributed by atoms with Crippen LogP contribution >= 0.6 is 0 Å². The molecule has 1 saturated carbocycles. The predicted octanol–water partition coefficient (Wildman–Crippen LogP) is 6.98. The minimum Gasteiger partial charge on any atom is -0.453 e. The number of nitrogens with one attached hydrogen (secondary N) is 4. The summed E-state index contributed by atoms with van der Waals surface area (Å²) in [6.07, 6.45) is 6.86. The molecule has 310 valence electrons. The first-order valence-electron chi connectivity index (χ1n) is 20.5. The molecule has 6 unspecified atom stereocenters. The van der Waals surface area contributed by atoms with Crippen LogP contribution in [-0.4, -0.2) is 92.6 Å². The van der Waals surface area contributed by atoms with Crippen molar-refractivity contribution >= 4 is 24.0 Å². The molecular weight excluding hydrogens is 749 g/mol. The Kier molecular flexibility index (Phi) is 12.1. The second kappa shape index (κ2) is 17.4. The molecule has 3 fully saturated rings. The number of hydrogen-bond donors (Lipinski definition) is 4. The second-order valence-corrected chi connectivity index (χ2v) is 16.4. The minimum atomic E-state index is -0.700. The number of H-pyrrole nitrogens is 2. The fourth-order valence-electron chi connectivity index (χ4n) is 9.03. The predicted molar refractivity (Wildman–Crippen MR) is 222 cm³/mol. The van der Waals surface area contributed by atoms with Gasteiger partial charge in [0.25, 0.3) is 0 Å². The van der Waals surface area contributed by atoms with Crippen LogP contribution < -0.4 is 10.6 Å². The first-order chi connectivity index (χ1) is 28.4. The number of nitrogens with zero attached hydrogens (tertiary/aromatic N) is 4. The number of fused-ring (bicyclic) bond motifs is 2. The van der Waals surface area contributed by atoms with Crippen molar-refractivity contribution < 1.29 is 28.7 Å². The molecule has 6 atom stereocenters. The Morgan fingerprint density at radius 1 is 0.780 bits per heavy atom. The highest BCUT2D eigenvalue weighted by Gasteiger charge is 2.51. The van der Waals surface area contributed by atoms with Gasteiger partial charge in [0.05, 0.1) is 50.1 Å². The molecule has 0 spiro atoms. The molecule has 4 N–H and O–H groups in total. The van der Waals surface area contributed by atoms with Gasteiger partial charge in [-0.3, -0.25) is 9.59 Å².